The summed E-state index contributed by atoms with van der Waals surface area (Å²) in [6.07, 6.45) is 0. The number of nitrogens with zero attached hydrogens (tertiary/aromatic N) is 4. The molecule has 11 heteroatoms. The Labute approximate surface area is 134 Å². The maximum Gasteiger partial charge on any atom is 0.313 e. The molecule has 1 aromatic heterocycles. The highest BCUT2D eigenvalue weighted by molar-refractivity contribution is 8.00. The lowest BCUT2D eigenvalue weighted by Crippen LogP contribution is -2.72. The molecule has 3 rings (SSSR count). The second-order valence-corrected chi connectivity index (χ2v) is 7.51. The molecule has 0 saturated carbocycles. The van der Waals surface area contributed by atoms with Gasteiger partial charge in [-0.05, 0) is 6.92 Å². The number of aliphatic carboxylic acids is 1. The fourth-order valence-corrected chi connectivity index (χ4v) is 5.17. The quantitative estimate of drug-likeness (QED) is 0.345. The van der Waals surface area contributed by atoms with Gasteiger partial charge in [-0.15, -0.1) is 22.0 Å². The molecule has 3 atom stereocenters. The summed E-state index contributed by atoms with van der Waals surface area (Å²) in [6, 6.07) is -0.515. The minimum absolute atomic E-state index is 0.106. The average molecular weight is 344 g/mol. The Morgan fingerprint density at radius 1 is 1.59 bits per heavy atom. The number of hydrogen-bond donors (Lipinski definition) is 3. The van der Waals surface area contributed by atoms with Crippen molar-refractivity contribution in [2.45, 2.75) is 23.5 Å². The van der Waals surface area contributed by atoms with Crippen LogP contribution in [-0.4, -0.2) is 66.2 Å². The molecular weight excluding hydrogens is 328 g/mol. The van der Waals surface area contributed by atoms with E-state index >= 15 is 0 Å². The van der Waals surface area contributed by atoms with Gasteiger partial charge in [0.1, 0.15) is 22.7 Å². The largest absolute Gasteiger partial charge is 0.481 e. The Hall–Kier alpha value is -1.46. The van der Waals surface area contributed by atoms with Crippen LogP contribution >= 0.6 is 23.5 Å². The highest BCUT2D eigenvalue weighted by Crippen LogP contribution is 2.43. The number of amides is 1. The van der Waals surface area contributed by atoms with E-state index in [4.69, 9.17) is 11.6 Å². The van der Waals surface area contributed by atoms with Crippen molar-refractivity contribution in [3.8, 4) is 0 Å². The Morgan fingerprint density at radius 2 is 2.32 bits per heavy atom. The van der Waals surface area contributed by atoms with E-state index in [2.05, 4.69) is 10.2 Å². The summed E-state index contributed by atoms with van der Waals surface area (Å²) < 4.78 is 1.32. The van der Waals surface area contributed by atoms with Crippen molar-refractivity contribution in [2.75, 3.05) is 23.9 Å². The van der Waals surface area contributed by atoms with E-state index in [0.717, 1.165) is 0 Å². The molecule has 1 amide bonds. The molecule has 22 heavy (non-hydrogen) atoms. The number of aromatic nitrogens is 3. The lowest BCUT2D eigenvalue weighted by atomic mass is 9.89. The maximum atomic E-state index is 11.8. The third kappa shape index (κ3) is 2.23. The number of carbonyl (C=O) groups is 2. The van der Waals surface area contributed by atoms with Gasteiger partial charge in [0.2, 0.25) is 11.1 Å². The van der Waals surface area contributed by atoms with Gasteiger partial charge in [0.25, 0.3) is 0 Å². The van der Waals surface area contributed by atoms with Crippen LogP contribution in [0.4, 0.5) is 0 Å². The third-order valence-electron chi connectivity index (χ3n) is 3.95. The first-order chi connectivity index (χ1) is 10.4. The highest BCUT2D eigenvalue weighted by Gasteiger charge is 2.55. The van der Waals surface area contributed by atoms with Gasteiger partial charge in [0.05, 0.1) is 0 Å². The van der Waals surface area contributed by atoms with E-state index in [0.29, 0.717) is 16.7 Å². The van der Waals surface area contributed by atoms with Crippen LogP contribution in [0.15, 0.2) is 5.16 Å². The Kier molecular flexibility index (Phi) is 3.73. The zero-order valence-corrected chi connectivity index (χ0v) is 13.4. The molecule has 0 aromatic carbocycles. The number of carbonyl (C=O) groups excluding carboxylic acids is 1. The lowest BCUT2D eigenvalue weighted by Gasteiger charge is -2.52. The molecule has 0 spiro atoms. The molecule has 120 valence electrons. The van der Waals surface area contributed by atoms with E-state index in [-0.39, 0.29) is 23.6 Å². The van der Waals surface area contributed by atoms with Crippen molar-refractivity contribution in [2.24, 2.45) is 11.1 Å². The van der Waals surface area contributed by atoms with Crippen LogP contribution in [0.25, 0.3) is 0 Å². The number of carboxylic acids is 1. The molecule has 2 fully saturated rings. The molecule has 2 saturated heterocycles. The van der Waals surface area contributed by atoms with Crippen LogP contribution in [0.5, 0.6) is 0 Å². The van der Waals surface area contributed by atoms with Gasteiger partial charge < -0.3 is 21.6 Å². The number of carboxylic acid groups (broad SMARTS) is 1. The van der Waals surface area contributed by atoms with Crippen molar-refractivity contribution < 1.29 is 14.7 Å². The Bertz CT molecular complexity index is 637. The summed E-state index contributed by atoms with van der Waals surface area (Å²) in [5, 5.41) is 17.8. The SMILES string of the molecule is Cc1nnc(SCC2(C(=O)O)CS[C@@H]3C(N)C(=O)N3C2)n1N. The monoisotopic (exact) mass is 344 g/mol. The number of nitrogen functional groups attached to an aromatic ring is 1. The van der Waals surface area contributed by atoms with Gasteiger partial charge in [-0.25, -0.2) is 4.68 Å². The Balaban J connectivity index is 1.74. The number of aryl methyl sites for hydroxylation is 1. The normalized spacial score (nSPS) is 30.8. The topological polar surface area (TPSA) is 140 Å². The van der Waals surface area contributed by atoms with Crippen LogP contribution in [0, 0.1) is 12.3 Å². The summed E-state index contributed by atoms with van der Waals surface area (Å²) >= 11 is 2.65. The number of thioether (sulfide) groups is 2. The van der Waals surface area contributed by atoms with Crippen molar-refractivity contribution in [1.29, 1.82) is 0 Å². The summed E-state index contributed by atoms with van der Waals surface area (Å²) in [5.74, 6) is 5.86. The van der Waals surface area contributed by atoms with E-state index in [1.165, 1.54) is 28.2 Å². The van der Waals surface area contributed by atoms with Crippen LogP contribution in [0.2, 0.25) is 0 Å². The fraction of sp³-hybridized carbons (Fsp3) is 0.636. The molecule has 2 aliphatic rings. The standard InChI is InChI=1S/C11H16N6O3S2/c1-5-14-15-10(17(5)13)22-4-11(9(19)20)2-16-7(18)6(12)8(16)21-3-11/h6,8H,2-4,12-13H2,1H3,(H,19,20)/t6?,8-,11?/m1/s1. The van der Waals surface area contributed by atoms with Gasteiger partial charge >= 0.3 is 5.97 Å². The fourth-order valence-electron chi connectivity index (χ4n) is 2.46. The van der Waals surface area contributed by atoms with E-state index in [9.17, 15) is 14.7 Å². The second kappa shape index (κ2) is 5.32. The summed E-state index contributed by atoms with van der Waals surface area (Å²) in [4.78, 5) is 25.1. The first-order valence-electron chi connectivity index (χ1n) is 6.57. The Morgan fingerprint density at radius 3 is 2.91 bits per heavy atom. The van der Waals surface area contributed by atoms with Crippen LogP contribution in [-0.2, 0) is 9.59 Å². The highest BCUT2D eigenvalue weighted by atomic mass is 32.2. The van der Waals surface area contributed by atoms with E-state index in [1.807, 2.05) is 0 Å². The smallest absolute Gasteiger partial charge is 0.313 e. The minimum Gasteiger partial charge on any atom is -0.481 e. The summed E-state index contributed by atoms with van der Waals surface area (Å²) in [7, 11) is 0. The van der Waals surface area contributed by atoms with Crippen LogP contribution in [0.1, 0.15) is 5.82 Å². The molecule has 0 aliphatic carbocycles. The number of β-lactam (4-membered cyclic amide) rings is 1. The van der Waals surface area contributed by atoms with E-state index < -0.39 is 17.4 Å². The zero-order chi connectivity index (χ0) is 16.1. The number of rotatable bonds is 4. The van der Waals surface area contributed by atoms with Gasteiger partial charge in [0, 0.05) is 18.1 Å². The van der Waals surface area contributed by atoms with Crippen LogP contribution in [0.3, 0.4) is 0 Å². The molecule has 2 unspecified atom stereocenters. The maximum absolute atomic E-state index is 11.8. The van der Waals surface area contributed by atoms with Crippen molar-refractivity contribution in [3.63, 3.8) is 0 Å². The van der Waals surface area contributed by atoms with Crippen molar-refractivity contribution in [1.82, 2.24) is 19.8 Å². The van der Waals surface area contributed by atoms with Gasteiger partial charge in [-0.3, -0.25) is 9.59 Å². The summed E-state index contributed by atoms with van der Waals surface area (Å²) in [6.45, 7) is 1.88. The molecule has 0 bridgehead atoms. The molecular formula is C11H16N6O3S2. The molecule has 9 nitrogen and oxygen atoms in total. The summed E-state index contributed by atoms with van der Waals surface area (Å²) in [5.41, 5.74) is 4.69. The first kappa shape index (κ1) is 15.4. The predicted octanol–water partition coefficient (Wildman–Crippen LogP) is -1.29. The molecule has 5 N–H and O–H groups in total. The van der Waals surface area contributed by atoms with Crippen molar-refractivity contribution >= 4 is 35.4 Å². The number of fused-ring (bicyclic) bond motifs is 1. The van der Waals surface area contributed by atoms with Crippen molar-refractivity contribution in [3.05, 3.63) is 5.82 Å². The molecule has 3 heterocycles. The van der Waals surface area contributed by atoms with Gasteiger partial charge in [0.15, 0.2) is 0 Å². The van der Waals surface area contributed by atoms with Gasteiger partial charge in [-0.2, -0.15) is 0 Å². The minimum atomic E-state index is -1.04. The number of hydrogen-bond acceptors (Lipinski definition) is 8. The third-order valence-corrected chi connectivity index (χ3v) is 6.79. The van der Waals surface area contributed by atoms with Crippen LogP contribution < -0.4 is 11.6 Å². The lowest BCUT2D eigenvalue weighted by molar-refractivity contribution is -0.155. The number of nitrogens with two attached hydrogens (primary N) is 2. The molecule has 2 aliphatic heterocycles. The predicted molar refractivity (Wildman–Crippen MR) is 81.6 cm³/mol. The van der Waals surface area contributed by atoms with Gasteiger partial charge in [-0.1, -0.05) is 11.8 Å². The molecule has 1 aromatic rings. The zero-order valence-electron chi connectivity index (χ0n) is 11.8. The first-order valence-corrected chi connectivity index (χ1v) is 8.60. The molecule has 0 radical (unpaired) electrons. The average Bonchev–Trinajstić information content (AvgIpc) is 2.83. The van der Waals surface area contributed by atoms with E-state index in [1.54, 1.807) is 11.8 Å². The second-order valence-electron chi connectivity index (χ2n) is 5.47.